The predicted molar refractivity (Wildman–Crippen MR) is 117 cm³/mol. The summed E-state index contributed by atoms with van der Waals surface area (Å²) in [4.78, 5) is 17.0. The Kier molecular flexibility index (Phi) is 5.15. The lowest BCUT2D eigenvalue weighted by molar-refractivity contribution is 1.03. The second kappa shape index (κ2) is 7.50. The highest BCUT2D eigenvalue weighted by Crippen LogP contribution is 2.12. The summed E-state index contributed by atoms with van der Waals surface area (Å²) in [5.41, 5.74) is 8.91. The van der Waals surface area contributed by atoms with Crippen molar-refractivity contribution in [2.45, 2.75) is 25.7 Å². The van der Waals surface area contributed by atoms with Crippen LogP contribution in [0.3, 0.4) is 0 Å². The SMILES string of the molecule is [Al][c]1c2nc([c]([Al])c3ccc([nH]3)[c]([Al])c3nc([c]([Al])c4ccc1[nH]4)CC3)CC2. The van der Waals surface area contributed by atoms with Gasteiger partial charge in [0.15, 0.2) is 65.2 Å². The van der Waals surface area contributed by atoms with E-state index in [9.17, 15) is 0 Å². The zero-order chi connectivity index (χ0) is 19.4. The molecule has 2 aliphatic heterocycles. The lowest BCUT2D eigenvalue weighted by Crippen LogP contribution is -2.13. The highest BCUT2D eigenvalue weighted by atomic mass is 27.1. The summed E-state index contributed by atoms with van der Waals surface area (Å²) in [5, 5.41) is 0. The van der Waals surface area contributed by atoms with E-state index in [0.29, 0.717) is 0 Å². The van der Waals surface area contributed by atoms with Crippen molar-refractivity contribution in [2.24, 2.45) is 0 Å². The second-order valence-corrected chi connectivity index (χ2v) is 9.55. The number of fused-ring (bicyclic) bond motifs is 8. The molecule has 0 saturated carbocycles. The van der Waals surface area contributed by atoms with Gasteiger partial charge in [0.2, 0.25) is 0 Å². The van der Waals surface area contributed by atoms with E-state index in [1.165, 1.54) is 0 Å². The van der Waals surface area contributed by atoms with Crippen LogP contribution in [0.5, 0.6) is 0 Å². The van der Waals surface area contributed by atoms with E-state index < -0.39 is 0 Å². The van der Waals surface area contributed by atoms with Crippen LogP contribution in [0.1, 0.15) is 22.8 Å². The summed E-state index contributed by atoms with van der Waals surface area (Å²) >= 11 is 11.5. The van der Waals surface area contributed by atoms with Crippen molar-refractivity contribution >= 4 is 105 Å². The number of rotatable bonds is 0. The Hall–Kier alpha value is -0.750. The molecule has 0 atom stereocenters. The van der Waals surface area contributed by atoms with Gasteiger partial charge in [-0.25, -0.2) is 0 Å². The molecule has 0 unspecified atom stereocenters. The quantitative estimate of drug-likeness (QED) is 0.464. The molecule has 8 bridgehead atoms. The van der Waals surface area contributed by atoms with Crippen LogP contribution in [0, 0.1) is 0 Å². The molecule has 3 aromatic heterocycles. The molecule has 8 heteroatoms. The van der Waals surface area contributed by atoms with Crippen LogP contribution >= 0.6 is 0 Å². The van der Waals surface area contributed by atoms with Crippen LogP contribution in [-0.4, -0.2) is 85.1 Å². The van der Waals surface area contributed by atoms with Gasteiger partial charge in [0.05, 0.1) is 0 Å². The van der Waals surface area contributed by atoms with Crippen molar-refractivity contribution in [1.82, 2.24) is 19.9 Å². The van der Waals surface area contributed by atoms with Crippen LogP contribution in [0.15, 0.2) is 24.3 Å². The number of hydrogen-bond donors (Lipinski definition) is 2. The van der Waals surface area contributed by atoms with E-state index in [-0.39, 0.29) is 0 Å². The Morgan fingerprint density at radius 2 is 0.750 bits per heavy atom. The maximum atomic E-state index is 4.95. The largest absolute Gasteiger partial charge is 0.358 e. The number of aryl methyl sites for hydroxylation is 4. The Bertz CT molecular complexity index is 1080. The van der Waals surface area contributed by atoms with Crippen LogP contribution in [0.25, 0.3) is 22.1 Å². The lowest BCUT2D eigenvalue weighted by Gasteiger charge is -1.99. The molecule has 0 spiro atoms. The van der Waals surface area contributed by atoms with Crippen LogP contribution in [-0.2, 0) is 25.7 Å². The third-order valence-corrected chi connectivity index (χ3v) is 8.09. The van der Waals surface area contributed by atoms with Gasteiger partial charge in [0.1, 0.15) is 0 Å². The first-order chi connectivity index (χ1) is 13.5. The highest BCUT2D eigenvalue weighted by Gasteiger charge is 2.14. The van der Waals surface area contributed by atoms with E-state index in [4.69, 9.17) is 9.97 Å². The van der Waals surface area contributed by atoms with Gasteiger partial charge in [-0.15, -0.1) is 0 Å². The van der Waals surface area contributed by atoms with Crippen molar-refractivity contribution in [2.75, 3.05) is 0 Å². The maximum Gasteiger partial charge on any atom is 0.182 e. The summed E-state index contributed by atoms with van der Waals surface area (Å²) in [7, 11) is 0. The van der Waals surface area contributed by atoms with Crippen LogP contribution in [0.2, 0.25) is 0 Å². The zero-order valence-corrected chi connectivity index (χ0v) is 20.0. The van der Waals surface area contributed by atoms with Gasteiger partial charge in [0.25, 0.3) is 0 Å². The van der Waals surface area contributed by atoms with Gasteiger partial charge >= 0.3 is 0 Å². The standard InChI is InChI=1S/C20H14N4.4Al/c1-2-14-10-16-5-6-18(23-16)12-20-8-7-19(24-20)11-17-4-3-15(22-17)9-13(1)21-14;;;;/h1-2,7-8,21,24H,3-6H2;;;;. The minimum Gasteiger partial charge on any atom is -0.358 e. The highest BCUT2D eigenvalue weighted by molar-refractivity contribution is 6.40. The fourth-order valence-corrected chi connectivity index (χ4v) is 5.35. The molecule has 2 aliphatic rings. The van der Waals surface area contributed by atoms with Crippen molar-refractivity contribution < 1.29 is 0 Å². The monoisotopic (exact) mass is 418 g/mol. The number of nitrogens with one attached hydrogen (secondary N) is 2. The molecule has 8 radical (unpaired) electrons. The van der Waals surface area contributed by atoms with E-state index in [1.54, 1.807) is 0 Å². The van der Waals surface area contributed by atoms with Gasteiger partial charge in [-0.1, -0.05) is 17.7 Å². The number of nitrogens with zero attached hydrogens (tertiary/aromatic N) is 2. The smallest absolute Gasteiger partial charge is 0.182 e. The molecule has 4 nitrogen and oxygen atoms in total. The van der Waals surface area contributed by atoms with E-state index in [1.807, 2.05) is 0 Å². The number of aromatic amines is 2. The average molecular weight is 418 g/mol. The van der Waals surface area contributed by atoms with Crippen LogP contribution < -0.4 is 17.7 Å². The molecule has 0 aromatic carbocycles. The molecular weight excluding hydrogens is 404 g/mol. The fraction of sp³-hybridized carbons (Fsp3) is 0.200. The molecule has 0 saturated heterocycles. The molecule has 3 aromatic rings. The number of aromatic nitrogens is 4. The van der Waals surface area contributed by atoms with Crippen LogP contribution in [0.4, 0.5) is 0 Å². The van der Waals surface area contributed by atoms with E-state index in [0.717, 1.165) is 88.2 Å². The van der Waals surface area contributed by atoms with Gasteiger partial charge in [-0.05, 0) is 49.9 Å². The topological polar surface area (TPSA) is 57.4 Å². The molecule has 2 N–H and O–H groups in total. The molecule has 0 amide bonds. The predicted octanol–water partition coefficient (Wildman–Crippen LogP) is -0.940. The molecule has 126 valence electrons. The van der Waals surface area contributed by atoms with Gasteiger partial charge in [0, 0.05) is 44.8 Å². The summed E-state index contributed by atoms with van der Waals surface area (Å²) in [6.07, 6.45) is 3.82. The fourth-order valence-electron chi connectivity index (χ4n) is 3.84. The molecule has 5 heterocycles. The minimum absolute atomic E-state index is 0.955. The van der Waals surface area contributed by atoms with Crippen molar-refractivity contribution in [3.8, 4) is 0 Å². The van der Waals surface area contributed by atoms with Gasteiger partial charge in [-0.3, -0.25) is 9.97 Å². The Morgan fingerprint density at radius 1 is 0.500 bits per heavy atom. The summed E-state index contributed by atoms with van der Waals surface area (Å²) in [5.74, 6) is 0. The van der Waals surface area contributed by atoms with Gasteiger partial charge < -0.3 is 9.97 Å². The Morgan fingerprint density at radius 3 is 1.00 bits per heavy atom. The molecule has 28 heavy (non-hydrogen) atoms. The first-order valence-corrected chi connectivity index (χ1v) is 11.6. The lowest BCUT2D eigenvalue weighted by atomic mass is 10.2. The first kappa shape index (κ1) is 19.2. The van der Waals surface area contributed by atoms with Crippen molar-refractivity contribution in [3.05, 3.63) is 47.0 Å². The first-order valence-electron chi connectivity index (χ1n) is 9.28. The summed E-state index contributed by atoms with van der Waals surface area (Å²) in [6, 6.07) is 8.54. The second-order valence-electron chi connectivity index (χ2n) is 7.24. The van der Waals surface area contributed by atoms with Crippen molar-refractivity contribution in [3.63, 3.8) is 0 Å². The maximum absolute atomic E-state index is 4.95. The number of hydrogen-bond acceptors (Lipinski definition) is 2. The molecule has 0 aliphatic carbocycles. The van der Waals surface area contributed by atoms with Crippen molar-refractivity contribution in [1.29, 1.82) is 0 Å². The van der Waals surface area contributed by atoms with E-state index in [2.05, 4.69) is 99.4 Å². The summed E-state index contributed by atoms with van der Waals surface area (Å²) < 4.78 is 4.55. The number of H-pyrrole nitrogens is 2. The Labute approximate surface area is 196 Å². The minimum atomic E-state index is 0.955. The Balaban J connectivity index is 1.94. The molecule has 5 rings (SSSR count). The third kappa shape index (κ3) is 3.28. The molecular formula is C20H14Al4N4. The average Bonchev–Trinajstić information content (AvgIpc) is 3.49. The zero-order valence-electron chi connectivity index (χ0n) is 15.3. The normalized spacial score (nSPS) is 13.7. The third-order valence-electron chi connectivity index (χ3n) is 5.51. The molecule has 0 fully saturated rings. The van der Waals surface area contributed by atoms with E-state index >= 15 is 0 Å². The van der Waals surface area contributed by atoms with Gasteiger partial charge in [-0.2, -0.15) is 0 Å². The summed E-state index contributed by atoms with van der Waals surface area (Å²) in [6.45, 7) is 0.